The number of aliphatic hydroxyl groups is 6. The highest BCUT2D eigenvalue weighted by Gasteiger charge is 2.47. The van der Waals surface area contributed by atoms with E-state index in [0.717, 1.165) is 0 Å². The zero-order valence-electron chi connectivity index (χ0n) is 17.9. The fourth-order valence-corrected chi connectivity index (χ4v) is 3.80. The molecule has 0 bridgehead atoms. The average Bonchev–Trinajstić information content (AvgIpc) is 2.80. The van der Waals surface area contributed by atoms with Gasteiger partial charge in [0.25, 0.3) is 0 Å². The summed E-state index contributed by atoms with van der Waals surface area (Å²) in [6.07, 6.45) is -14.7. The van der Waals surface area contributed by atoms with E-state index in [9.17, 15) is 40.5 Å². The smallest absolute Gasteiger partial charge is 0.336 e. The number of aliphatic hydroxyl groups excluding tert-OH is 6. The van der Waals surface area contributed by atoms with Crippen LogP contribution in [0.5, 0.6) is 11.5 Å². The van der Waals surface area contributed by atoms with Crippen molar-refractivity contribution in [2.45, 2.75) is 68.3 Å². The van der Waals surface area contributed by atoms with Crippen LogP contribution in [0.15, 0.2) is 33.5 Å². The van der Waals surface area contributed by atoms with Crippen molar-refractivity contribution in [3.05, 3.63) is 34.7 Å². The molecule has 0 amide bonds. The molecule has 2 saturated heterocycles. The maximum absolute atomic E-state index is 11.5. The van der Waals surface area contributed by atoms with Gasteiger partial charge in [0, 0.05) is 17.5 Å². The van der Waals surface area contributed by atoms with E-state index in [-0.39, 0.29) is 17.1 Å². The minimum absolute atomic E-state index is 0.0874. The van der Waals surface area contributed by atoms with Crippen molar-refractivity contribution in [3.8, 4) is 11.5 Å². The number of aromatic hydroxyl groups is 1. The lowest BCUT2D eigenvalue weighted by atomic mass is 9.98. The van der Waals surface area contributed by atoms with Crippen LogP contribution in [0.1, 0.15) is 6.92 Å². The summed E-state index contributed by atoms with van der Waals surface area (Å²) in [7, 11) is 0. The van der Waals surface area contributed by atoms with E-state index in [1.54, 1.807) is 0 Å². The number of hydrogen-bond acceptors (Lipinski definition) is 13. The van der Waals surface area contributed by atoms with Crippen LogP contribution in [0.2, 0.25) is 0 Å². The third kappa shape index (κ3) is 4.75. The molecule has 2 aromatic rings. The second-order valence-electron chi connectivity index (χ2n) is 8.26. The predicted octanol–water partition coefficient (Wildman–Crippen LogP) is -2.47. The highest BCUT2D eigenvalue weighted by molar-refractivity contribution is 5.80. The normalized spacial score (nSPS) is 38.7. The molecule has 13 nitrogen and oxygen atoms in total. The van der Waals surface area contributed by atoms with Crippen LogP contribution in [-0.4, -0.2) is 104 Å². The highest BCUT2D eigenvalue weighted by Crippen LogP contribution is 2.34. The van der Waals surface area contributed by atoms with Gasteiger partial charge in [-0.2, -0.15) is 0 Å². The molecular weight excluding hydrogens is 460 g/mol. The van der Waals surface area contributed by atoms with Crippen LogP contribution in [0, 0.1) is 0 Å². The van der Waals surface area contributed by atoms with Crippen molar-refractivity contribution in [2.24, 2.45) is 0 Å². The van der Waals surface area contributed by atoms with Crippen LogP contribution in [0.3, 0.4) is 0 Å². The number of rotatable bonds is 5. The maximum Gasteiger partial charge on any atom is 0.336 e. The van der Waals surface area contributed by atoms with Crippen LogP contribution >= 0.6 is 0 Å². The standard InChI is InChI=1S/C21H26O13/c1-7-14(24)16(26)18(28)20(31-7)30-6-12-15(25)17(27)19(29)21(34-12)33-11-5-10-8(4-9(11)22)2-3-13(23)32-10/h2-5,7,12,14-22,24-29H,6H2,1H3. The maximum atomic E-state index is 11.5. The van der Waals surface area contributed by atoms with Gasteiger partial charge in [0.2, 0.25) is 6.29 Å². The molecule has 7 N–H and O–H groups in total. The molecule has 3 heterocycles. The SMILES string of the molecule is CC1OC(OCC2OC(Oc3cc4oc(=O)ccc4cc3O)C(O)C(O)C2O)C(O)C(O)C1O. The van der Waals surface area contributed by atoms with Gasteiger partial charge < -0.3 is 59.1 Å². The average molecular weight is 486 g/mol. The van der Waals surface area contributed by atoms with Gasteiger partial charge in [-0.15, -0.1) is 0 Å². The van der Waals surface area contributed by atoms with Gasteiger partial charge in [0.05, 0.1) is 12.7 Å². The molecule has 0 spiro atoms. The van der Waals surface area contributed by atoms with Gasteiger partial charge in [-0.1, -0.05) is 0 Å². The van der Waals surface area contributed by atoms with E-state index in [1.165, 1.54) is 31.2 Å². The van der Waals surface area contributed by atoms with Crippen LogP contribution < -0.4 is 10.4 Å². The van der Waals surface area contributed by atoms with Crippen molar-refractivity contribution in [3.63, 3.8) is 0 Å². The van der Waals surface area contributed by atoms with Crippen molar-refractivity contribution >= 4 is 11.0 Å². The monoisotopic (exact) mass is 486 g/mol. The number of ether oxygens (including phenoxy) is 4. The Kier molecular flexibility index (Phi) is 7.09. The molecule has 4 rings (SSSR count). The summed E-state index contributed by atoms with van der Waals surface area (Å²) in [5.74, 6) is -0.600. The Bertz CT molecular complexity index is 1060. The van der Waals surface area contributed by atoms with E-state index < -0.39 is 73.6 Å². The van der Waals surface area contributed by atoms with E-state index in [4.69, 9.17) is 23.4 Å². The lowest BCUT2D eigenvalue weighted by Gasteiger charge is -2.42. The first-order valence-electron chi connectivity index (χ1n) is 10.5. The summed E-state index contributed by atoms with van der Waals surface area (Å²) in [6.45, 7) is 0.991. The molecule has 34 heavy (non-hydrogen) atoms. The number of hydrogen-bond donors (Lipinski definition) is 7. The molecule has 0 radical (unpaired) electrons. The zero-order valence-corrected chi connectivity index (χ0v) is 17.9. The molecule has 0 aliphatic carbocycles. The summed E-state index contributed by atoms with van der Waals surface area (Å²) >= 11 is 0. The first-order chi connectivity index (χ1) is 16.1. The molecule has 2 fully saturated rings. The minimum atomic E-state index is -1.74. The largest absolute Gasteiger partial charge is 0.504 e. The van der Waals surface area contributed by atoms with E-state index in [2.05, 4.69) is 0 Å². The first kappa shape index (κ1) is 24.8. The van der Waals surface area contributed by atoms with Crippen molar-refractivity contribution < 1.29 is 59.1 Å². The van der Waals surface area contributed by atoms with E-state index in [0.29, 0.717) is 5.39 Å². The first-order valence-corrected chi connectivity index (χ1v) is 10.5. The minimum Gasteiger partial charge on any atom is -0.504 e. The van der Waals surface area contributed by atoms with Gasteiger partial charge >= 0.3 is 5.63 Å². The molecule has 1 aromatic carbocycles. The molecule has 0 saturated carbocycles. The van der Waals surface area contributed by atoms with Crippen LogP contribution in [0.25, 0.3) is 11.0 Å². The van der Waals surface area contributed by atoms with Gasteiger partial charge in [-0.3, -0.25) is 0 Å². The Morgan fingerprint density at radius 3 is 2.26 bits per heavy atom. The third-order valence-corrected chi connectivity index (χ3v) is 5.85. The van der Waals surface area contributed by atoms with Gasteiger partial charge in [-0.05, 0) is 19.1 Å². The third-order valence-electron chi connectivity index (χ3n) is 5.85. The quantitative estimate of drug-likeness (QED) is 0.219. The Balaban J connectivity index is 1.47. The zero-order chi connectivity index (χ0) is 24.7. The predicted molar refractivity (Wildman–Crippen MR) is 110 cm³/mol. The van der Waals surface area contributed by atoms with Crippen molar-refractivity contribution in [1.82, 2.24) is 0 Å². The Morgan fingerprint density at radius 2 is 1.53 bits per heavy atom. The van der Waals surface area contributed by atoms with E-state index in [1.807, 2.05) is 0 Å². The summed E-state index contributed by atoms with van der Waals surface area (Å²) in [5.41, 5.74) is -0.544. The second-order valence-corrected chi connectivity index (χ2v) is 8.26. The Hall–Kier alpha value is -2.33. The molecule has 2 aliphatic rings. The van der Waals surface area contributed by atoms with E-state index >= 15 is 0 Å². The topological polar surface area (TPSA) is 209 Å². The fourth-order valence-electron chi connectivity index (χ4n) is 3.80. The van der Waals surface area contributed by atoms with Gasteiger partial charge in [-0.25, -0.2) is 4.79 Å². The van der Waals surface area contributed by atoms with Gasteiger partial charge in [0.15, 0.2) is 17.8 Å². The lowest BCUT2D eigenvalue weighted by Crippen LogP contribution is -2.61. The number of fused-ring (bicyclic) bond motifs is 1. The second kappa shape index (κ2) is 9.73. The lowest BCUT2D eigenvalue weighted by molar-refractivity contribution is -0.318. The van der Waals surface area contributed by atoms with Gasteiger partial charge in [0.1, 0.15) is 48.3 Å². The number of phenols is 1. The molecule has 13 heteroatoms. The molecule has 10 atom stereocenters. The summed E-state index contributed by atoms with van der Waals surface area (Å²) in [6, 6.07) is 5.07. The fraction of sp³-hybridized carbons (Fsp3) is 0.571. The van der Waals surface area contributed by atoms with Crippen molar-refractivity contribution in [2.75, 3.05) is 6.61 Å². The van der Waals surface area contributed by atoms with Crippen LogP contribution in [0.4, 0.5) is 0 Å². The summed E-state index contributed by atoms with van der Waals surface area (Å²) in [4.78, 5) is 11.5. The molecule has 1 aromatic heterocycles. The highest BCUT2D eigenvalue weighted by atomic mass is 16.7. The van der Waals surface area contributed by atoms with Crippen LogP contribution in [-0.2, 0) is 14.2 Å². The van der Waals surface area contributed by atoms with Crippen molar-refractivity contribution in [1.29, 1.82) is 0 Å². The Labute approximate surface area is 191 Å². The molecule has 188 valence electrons. The summed E-state index contributed by atoms with van der Waals surface area (Å²) < 4.78 is 26.8. The number of phenolic OH excluding ortho intramolecular Hbond substituents is 1. The molecule has 10 unspecified atom stereocenters. The summed E-state index contributed by atoms with van der Waals surface area (Å²) in [5, 5.41) is 71.2. The Morgan fingerprint density at radius 1 is 0.853 bits per heavy atom. The molecule has 2 aliphatic heterocycles. The molecular formula is C21H26O13. The number of benzene rings is 1.